The summed E-state index contributed by atoms with van der Waals surface area (Å²) in [5, 5.41) is 11.7. The van der Waals surface area contributed by atoms with Gasteiger partial charge in [-0.1, -0.05) is 42.1 Å². The van der Waals surface area contributed by atoms with Crippen molar-refractivity contribution in [3.8, 4) is 0 Å². The molecule has 2 N–H and O–H groups in total. The lowest BCUT2D eigenvalue weighted by atomic mass is 9.93. The van der Waals surface area contributed by atoms with Gasteiger partial charge >= 0.3 is 5.97 Å². The Morgan fingerprint density at radius 1 is 1.45 bits per heavy atom. The van der Waals surface area contributed by atoms with Gasteiger partial charge in [-0.3, -0.25) is 0 Å². The summed E-state index contributed by atoms with van der Waals surface area (Å²) >= 11 is 1.30. The maximum absolute atomic E-state index is 12.1. The Hall–Kier alpha value is -1.93. The number of methoxy groups -OCH3 is 1. The zero-order valence-corrected chi connectivity index (χ0v) is 12.0. The van der Waals surface area contributed by atoms with Crippen LogP contribution in [-0.2, 0) is 22.1 Å². The summed E-state index contributed by atoms with van der Waals surface area (Å²) in [5.74, 6) is -0.218. The Labute approximate surface area is 120 Å². The molecule has 1 unspecified atom stereocenters. The number of rotatable bonds is 5. The Morgan fingerprint density at radius 3 is 2.70 bits per heavy atom. The van der Waals surface area contributed by atoms with E-state index in [4.69, 9.17) is 10.5 Å². The van der Waals surface area contributed by atoms with Crippen LogP contribution in [0.4, 0.5) is 0 Å². The molecular formula is C12H15N5O2S. The van der Waals surface area contributed by atoms with Gasteiger partial charge in [-0.25, -0.2) is 9.48 Å². The number of nitrogens with two attached hydrogens (primary N) is 1. The number of thioether (sulfide) groups is 1. The fraction of sp³-hybridized carbons (Fsp3) is 0.333. The molecule has 0 saturated heterocycles. The predicted octanol–water partition coefficient (Wildman–Crippen LogP) is 0.329. The first-order valence-corrected chi connectivity index (χ1v) is 6.84. The zero-order chi connectivity index (χ0) is 14.6. The van der Waals surface area contributed by atoms with Gasteiger partial charge in [0.15, 0.2) is 0 Å². The zero-order valence-electron chi connectivity index (χ0n) is 11.2. The fourth-order valence-electron chi connectivity index (χ4n) is 1.70. The van der Waals surface area contributed by atoms with Gasteiger partial charge in [0.1, 0.15) is 5.54 Å². The molecule has 0 bridgehead atoms. The van der Waals surface area contributed by atoms with Gasteiger partial charge in [0.25, 0.3) is 0 Å². The molecule has 1 aromatic carbocycles. The van der Waals surface area contributed by atoms with Crippen LogP contribution in [0.5, 0.6) is 0 Å². The summed E-state index contributed by atoms with van der Waals surface area (Å²) < 4.78 is 6.36. The number of aryl methyl sites for hydroxylation is 1. The summed E-state index contributed by atoms with van der Waals surface area (Å²) in [6.45, 7) is 0. The lowest BCUT2D eigenvalue weighted by Gasteiger charge is -2.26. The average molecular weight is 293 g/mol. The number of ether oxygens (including phenoxy) is 1. The largest absolute Gasteiger partial charge is 0.467 e. The summed E-state index contributed by atoms with van der Waals surface area (Å²) in [4.78, 5) is 12.1. The molecule has 0 saturated carbocycles. The maximum atomic E-state index is 12.1. The van der Waals surface area contributed by atoms with Gasteiger partial charge < -0.3 is 10.5 Å². The highest BCUT2D eigenvalue weighted by atomic mass is 32.2. The van der Waals surface area contributed by atoms with Crippen LogP contribution in [0.1, 0.15) is 5.56 Å². The van der Waals surface area contributed by atoms with E-state index in [0.717, 1.165) is 0 Å². The van der Waals surface area contributed by atoms with Crippen molar-refractivity contribution >= 4 is 17.7 Å². The van der Waals surface area contributed by atoms with Gasteiger partial charge in [-0.2, -0.15) is 0 Å². The molecule has 0 radical (unpaired) electrons. The second-order valence-electron chi connectivity index (χ2n) is 4.20. The number of tetrazole rings is 1. The molecule has 1 heterocycles. The topological polar surface area (TPSA) is 95.9 Å². The minimum Gasteiger partial charge on any atom is -0.467 e. The molecule has 106 valence electrons. The predicted molar refractivity (Wildman–Crippen MR) is 73.8 cm³/mol. The van der Waals surface area contributed by atoms with Crippen LogP contribution >= 0.6 is 11.8 Å². The van der Waals surface area contributed by atoms with Crippen molar-refractivity contribution < 1.29 is 9.53 Å². The lowest BCUT2D eigenvalue weighted by molar-refractivity contribution is -0.146. The normalized spacial score (nSPS) is 13.8. The summed E-state index contributed by atoms with van der Waals surface area (Å²) in [6.07, 6.45) is 0. The van der Waals surface area contributed by atoms with Gasteiger partial charge in [0, 0.05) is 12.8 Å². The molecule has 1 atom stereocenters. The van der Waals surface area contributed by atoms with E-state index in [-0.39, 0.29) is 5.75 Å². The van der Waals surface area contributed by atoms with Crippen LogP contribution in [0, 0.1) is 0 Å². The summed E-state index contributed by atoms with van der Waals surface area (Å²) in [5.41, 5.74) is 5.71. The first kappa shape index (κ1) is 14.5. The molecular weight excluding hydrogens is 278 g/mol. The second-order valence-corrected chi connectivity index (χ2v) is 5.15. The van der Waals surface area contributed by atoms with Gasteiger partial charge in [0.2, 0.25) is 5.16 Å². The molecule has 2 aromatic rings. The number of nitrogens with zero attached hydrogens (tertiary/aromatic N) is 4. The van der Waals surface area contributed by atoms with E-state index in [0.29, 0.717) is 10.7 Å². The third-order valence-corrected chi connectivity index (χ3v) is 4.05. The first-order valence-electron chi connectivity index (χ1n) is 5.86. The summed E-state index contributed by atoms with van der Waals surface area (Å²) in [7, 11) is 3.04. The highest BCUT2D eigenvalue weighted by Gasteiger charge is 2.37. The third-order valence-electron chi connectivity index (χ3n) is 2.85. The standard InChI is InChI=1S/C12H15N5O2S/c1-17-11(14-15-16-17)20-8-12(13,10(18)19-2)9-6-4-3-5-7-9/h3-7H,8,13H2,1-2H3. The van der Waals surface area contributed by atoms with Gasteiger partial charge in [-0.05, 0) is 16.0 Å². The molecule has 0 amide bonds. The van der Waals surface area contributed by atoms with E-state index in [1.807, 2.05) is 18.2 Å². The SMILES string of the molecule is COC(=O)C(N)(CSc1nnnn1C)c1ccccc1. The van der Waals surface area contributed by atoms with Gasteiger partial charge in [-0.15, -0.1) is 5.10 Å². The molecule has 2 rings (SSSR count). The maximum Gasteiger partial charge on any atom is 0.331 e. The smallest absolute Gasteiger partial charge is 0.331 e. The molecule has 0 aliphatic carbocycles. The average Bonchev–Trinajstić information content (AvgIpc) is 2.90. The molecule has 0 spiro atoms. The van der Waals surface area contributed by atoms with Crippen LogP contribution in [-0.4, -0.2) is 39.0 Å². The van der Waals surface area contributed by atoms with Crippen molar-refractivity contribution in [2.75, 3.05) is 12.9 Å². The number of esters is 1. The Morgan fingerprint density at radius 2 is 2.15 bits per heavy atom. The quantitative estimate of drug-likeness (QED) is 0.627. The van der Waals surface area contributed by atoms with Gasteiger partial charge in [0.05, 0.1) is 7.11 Å². The number of aromatic nitrogens is 4. The number of benzene rings is 1. The van der Waals surface area contributed by atoms with E-state index in [1.54, 1.807) is 19.2 Å². The van der Waals surface area contributed by atoms with E-state index < -0.39 is 11.5 Å². The minimum absolute atomic E-state index is 0.276. The van der Waals surface area contributed by atoms with Crippen molar-refractivity contribution in [1.29, 1.82) is 0 Å². The van der Waals surface area contributed by atoms with E-state index in [2.05, 4.69) is 15.5 Å². The van der Waals surface area contributed by atoms with Crippen LogP contribution in [0.15, 0.2) is 35.5 Å². The third kappa shape index (κ3) is 2.81. The van der Waals surface area contributed by atoms with Crippen LogP contribution < -0.4 is 5.73 Å². The number of hydrogen-bond donors (Lipinski definition) is 1. The Kier molecular flexibility index (Phi) is 4.35. The number of carbonyl (C=O) groups excluding carboxylic acids is 1. The Balaban J connectivity index is 2.24. The Bertz CT molecular complexity index is 589. The van der Waals surface area contributed by atoms with Crippen LogP contribution in [0.25, 0.3) is 0 Å². The molecule has 1 aromatic heterocycles. The highest BCUT2D eigenvalue weighted by Crippen LogP contribution is 2.27. The van der Waals surface area contributed by atoms with Crippen molar-refractivity contribution in [2.24, 2.45) is 12.8 Å². The minimum atomic E-state index is -1.24. The van der Waals surface area contributed by atoms with Crippen LogP contribution in [0.3, 0.4) is 0 Å². The van der Waals surface area contributed by atoms with E-state index >= 15 is 0 Å². The molecule has 8 heteroatoms. The van der Waals surface area contributed by atoms with Crippen LogP contribution in [0.2, 0.25) is 0 Å². The van der Waals surface area contributed by atoms with Crippen molar-refractivity contribution in [3.63, 3.8) is 0 Å². The fourth-order valence-corrected chi connectivity index (χ4v) is 2.66. The highest BCUT2D eigenvalue weighted by molar-refractivity contribution is 7.99. The lowest BCUT2D eigenvalue weighted by Crippen LogP contribution is -2.48. The monoisotopic (exact) mass is 293 g/mol. The summed E-state index contributed by atoms with van der Waals surface area (Å²) in [6, 6.07) is 9.11. The molecule has 0 aliphatic heterocycles. The van der Waals surface area contributed by atoms with Crippen molar-refractivity contribution in [2.45, 2.75) is 10.7 Å². The molecule has 20 heavy (non-hydrogen) atoms. The molecule has 7 nitrogen and oxygen atoms in total. The second kappa shape index (κ2) is 6.02. The first-order chi connectivity index (χ1) is 9.58. The molecule has 0 aliphatic rings. The van der Waals surface area contributed by atoms with Crippen molar-refractivity contribution in [3.05, 3.63) is 35.9 Å². The van der Waals surface area contributed by atoms with Crippen molar-refractivity contribution in [1.82, 2.24) is 20.2 Å². The number of carbonyl (C=O) groups is 1. The van der Waals surface area contributed by atoms with E-state index in [9.17, 15) is 4.79 Å². The molecule has 0 fully saturated rings. The number of hydrogen-bond acceptors (Lipinski definition) is 7. The van der Waals surface area contributed by atoms with E-state index in [1.165, 1.54) is 23.6 Å².